The van der Waals surface area contributed by atoms with Gasteiger partial charge < -0.3 is 14.2 Å². The Morgan fingerprint density at radius 3 is 2.46 bits per heavy atom. The molecule has 0 aliphatic carbocycles. The number of pyridine rings is 1. The minimum atomic E-state index is -0.166. The van der Waals surface area contributed by atoms with E-state index in [-0.39, 0.29) is 11.7 Å². The molecule has 2 saturated heterocycles. The second-order valence-corrected chi connectivity index (χ2v) is 10.2. The van der Waals surface area contributed by atoms with Crippen molar-refractivity contribution in [2.75, 3.05) is 32.7 Å². The number of benzene rings is 1. The van der Waals surface area contributed by atoms with E-state index in [2.05, 4.69) is 9.88 Å². The molecule has 0 saturated carbocycles. The highest BCUT2D eigenvalue weighted by Gasteiger charge is 2.30. The molecule has 0 bridgehead atoms. The summed E-state index contributed by atoms with van der Waals surface area (Å²) in [5, 5.41) is 4.08. The Balaban J connectivity index is 0.000000453. The van der Waals surface area contributed by atoms with Crippen LogP contribution in [-0.2, 0) is 0 Å². The Kier molecular flexibility index (Phi) is 7.54. The lowest BCUT2D eigenvalue weighted by atomic mass is 9.89. The van der Waals surface area contributed by atoms with Crippen LogP contribution in [0.15, 0.2) is 77.9 Å². The zero-order valence-electron chi connectivity index (χ0n) is 19.8. The maximum absolute atomic E-state index is 13.2. The van der Waals surface area contributed by atoms with Crippen molar-refractivity contribution in [1.29, 1.82) is 0 Å². The topological polar surface area (TPSA) is 40.9 Å². The number of fused-ring (bicyclic) bond motifs is 1. The number of aromatic nitrogens is 2. The molecule has 2 aliphatic rings. The first kappa shape index (κ1) is 23.7. The van der Waals surface area contributed by atoms with Crippen molar-refractivity contribution < 1.29 is 9.18 Å². The van der Waals surface area contributed by atoms with Crippen molar-refractivity contribution in [1.82, 2.24) is 19.2 Å². The van der Waals surface area contributed by atoms with Crippen LogP contribution in [0.1, 0.15) is 41.1 Å². The first-order chi connectivity index (χ1) is 17.2. The number of halogens is 1. The van der Waals surface area contributed by atoms with Gasteiger partial charge in [-0.15, -0.1) is 0 Å². The Hall–Kier alpha value is -3.03. The molecule has 1 amide bonds. The molecule has 2 fully saturated rings. The van der Waals surface area contributed by atoms with E-state index in [1.54, 1.807) is 29.7 Å². The van der Waals surface area contributed by atoms with E-state index >= 15 is 0 Å². The Bertz CT molecular complexity index is 1200. The fourth-order valence-electron chi connectivity index (χ4n) is 5.23. The lowest BCUT2D eigenvalue weighted by Gasteiger charge is -2.33. The van der Waals surface area contributed by atoms with Gasteiger partial charge in [-0.25, -0.2) is 9.37 Å². The van der Waals surface area contributed by atoms with Crippen molar-refractivity contribution in [2.45, 2.75) is 25.2 Å². The maximum atomic E-state index is 13.2. The monoisotopic (exact) mass is 490 g/mol. The van der Waals surface area contributed by atoms with Crippen LogP contribution in [0.25, 0.3) is 5.65 Å². The number of nitrogens with zero attached hydrogens (tertiary/aromatic N) is 4. The minimum Gasteiger partial charge on any atom is -0.338 e. The van der Waals surface area contributed by atoms with Gasteiger partial charge in [-0.1, -0.05) is 24.3 Å². The second kappa shape index (κ2) is 11.1. The van der Waals surface area contributed by atoms with Crippen LogP contribution >= 0.6 is 11.3 Å². The number of amides is 1. The summed E-state index contributed by atoms with van der Waals surface area (Å²) in [5.74, 6) is 0.971. The van der Waals surface area contributed by atoms with Gasteiger partial charge in [-0.3, -0.25) is 4.79 Å². The van der Waals surface area contributed by atoms with Crippen molar-refractivity contribution in [3.8, 4) is 0 Å². The Morgan fingerprint density at radius 2 is 1.74 bits per heavy atom. The molecule has 5 nitrogen and oxygen atoms in total. The number of imidazole rings is 1. The summed E-state index contributed by atoms with van der Waals surface area (Å²) in [6.45, 7) is 4.82. The smallest absolute Gasteiger partial charge is 0.257 e. The molecule has 1 aromatic carbocycles. The van der Waals surface area contributed by atoms with Gasteiger partial charge in [-0.05, 0) is 84.8 Å². The summed E-state index contributed by atoms with van der Waals surface area (Å²) in [7, 11) is 0. The van der Waals surface area contributed by atoms with E-state index in [4.69, 9.17) is 0 Å². The highest BCUT2D eigenvalue weighted by Crippen LogP contribution is 2.29. The fourth-order valence-corrected chi connectivity index (χ4v) is 5.68. The van der Waals surface area contributed by atoms with Gasteiger partial charge in [0.25, 0.3) is 5.91 Å². The molecule has 0 spiro atoms. The largest absolute Gasteiger partial charge is 0.338 e. The van der Waals surface area contributed by atoms with Crippen LogP contribution in [0, 0.1) is 11.7 Å². The van der Waals surface area contributed by atoms with Crippen molar-refractivity contribution >= 4 is 22.9 Å². The summed E-state index contributed by atoms with van der Waals surface area (Å²) in [5.41, 5.74) is 2.67. The van der Waals surface area contributed by atoms with Gasteiger partial charge in [0.1, 0.15) is 11.5 Å². The number of thiophene rings is 1. The molecule has 2 aliphatic heterocycles. The van der Waals surface area contributed by atoms with Crippen LogP contribution in [0.5, 0.6) is 0 Å². The highest BCUT2D eigenvalue weighted by atomic mass is 32.1. The molecular formula is C28H31FN4OS. The highest BCUT2D eigenvalue weighted by molar-refractivity contribution is 7.07. The standard InChI is InChI=1S/C24H27FN4O.C4H4S/c25-21-5-3-19(4-6-21)20-8-12-27(13-9-20)16-18-7-14-29(17-18)24(30)22-2-1-11-28-15-10-26-23(22)28;1-2-4-5-3-1/h1-6,10-11,15,18,20H,7-9,12-14,16-17H2;1-4H/t18-;/m1./s1. The molecule has 0 unspecified atom stereocenters. The van der Waals surface area contributed by atoms with Crippen molar-refractivity contribution in [3.63, 3.8) is 0 Å². The molecule has 3 aromatic heterocycles. The van der Waals surface area contributed by atoms with E-state index in [0.29, 0.717) is 17.4 Å². The fraction of sp³-hybridized carbons (Fsp3) is 0.357. The summed E-state index contributed by atoms with van der Waals surface area (Å²) >= 11 is 1.71. The van der Waals surface area contributed by atoms with E-state index in [1.165, 1.54) is 5.56 Å². The van der Waals surface area contributed by atoms with Gasteiger partial charge in [0.2, 0.25) is 0 Å². The first-order valence-electron chi connectivity index (χ1n) is 12.3. The predicted octanol–water partition coefficient (Wildman–Crippen LogP) is 5.56. The lowest BCUT2D eigenvalue weighted by molar-refractivity contribution is 0.0783. The molecule has 5 heterocycles. The molecule has 0 radical (unpaired) electrons. The lowest BCUT2D eigenvalue weighted by Crippen LogP contribution is -2.37. The summed E-state index contributed by atoms with van der Waals surface area (Å²) in [4.78, 5) is 21.9. The third kappa shape index (κ3) is 5.80. The van der Waals surface area contributed by atoms with Gasteiger partial charge in [0.05, 0.1) is 5.56 Å². The van der Waals surface area contributed by atoms with Crippen LogP contribution in [0.2, 0.25) is 0 Å². The van der Waals surface area contributed by atoms with E-state index < -0.39 is 0 Å². The average molecular weight is 491 g/mol. The van der Waals surface area contributed by atoms with Gasteiger partial charge in [0, 0.05) is 38.2 Å². The minimum absolute atomic E-state index is 0.0873. The predicted molar refractivity (Wildman–Crippen MR) is 138 cm³/mol. The number of rotatable bonds is 4. The quantitative estimate of drug-likeness (QED) is 0.376. The van der Waals surface area contributed by atoms with Gasteiger partial charge in [-0.2, -0.15) is 11.3 Å². The second-order valence-electron chi connectivity index (χ2n) is 9.41. The number of piperidine rings is 1. The molecule has 7 heteroatoms. The molecule has 6 rings (SSSR count). The molecule has 4 aromatic rings. The van der Waals surface area contributed by atoms with Gasteiger partial charge in [0.15, 0.2) is 0 Å². The number of hydrogen-bond acceptors (Lipinski definition) is 4. The van der Waals surface area contributed by atoms with E-state index in [9.17, 15) is 9.18 Å². The molecule has 1 atom stereocenters. The Labute approximate surface area is 209 Å². The third-order valence-electron chi connectivity index (χ3n) is 7.09. The molecule has 35 heavy (non-hydrogen) atoms. The Morgan fingerprint density at radius 1 is 0.971 bits per heavy atom. The van der Waals surface area contributed by atoms with Crippen LogP contribution in [-0.4, -0.2) is 57.8 Å². The van der Waals surface area contributed by atoms with Crippen molar-refractivity contribution in [2.24, 2.45) is 5.92 Å². The van der Waals surface area contributed by atoms with Crippen LogP contribution in [0.4, 0.5) is 4.39 Å². The van der Waals surface area contributed by atoms with Gasteiger partial charge >= 0.3 is 0 Å². The number of carbonyl (C=O) groups excluding carboxylic acids is 1. The summed E-state index contributed by atoms with van der Waals surface area (Å²) in [6, 6.07) is 14.8. The number of likely N-dealkylation sites (tertiary alicyclic amines) is 2. The van der Waals surface area contributed by atoms with E-state index in [0.717, 1.165) is 57.6 Å². The normalized spacial score (nSPS) is 19.0. The first-order valence-corrected chi connectivity index (χ1v) is 13.3. The number of hydrogen-bond donors (Lipinski definition) is 0. The third-order valence-corrected chi connectivity index (χ3v) is 7.72. The maximum Gasteiger partial charge on any atom is 0.257 e. The number of carbonyl (C=O) groups is 1. The average Bonchev–Trinajstić information content (AvgIpc) is 3.68. The SMILES string of the molecule is O=C(c1cccn2ccnc12)N1CC[C@H](CN2CCC(c3ccc(F)cc3)CC2)C1.c1ccsc1. The molecule has 182 valence electrons. The molecular weight excluding hydrogens is 459 g/mol. The van der Waals surface area contributed by atoms with Crippen molar-refractivity contribution in [3.05, 3.63) is 94.8 Å². The summed E-state index contributed by atoms with van der Waals surface area (Å²) in [6.07, 6.45) is 8.80. The van der Waals surface area contributed by atoms with Crippen LogP contribution < -0.4 is 0 Å². The van der Waals surface area contributed by atoms with E-state index in [1.807, 2.05) is 68.9 Å². The summed E-state index contributed by atoms with van der Waals surface area (Å²) < 4.78 is 15.1. The molecule has 0 N–H and O–H groups in total. The van der Waals surface area contributed by atoms with Crippen LogP contribution in [0.3, 0.4) is 0 Å². The zero-order chi connectivity index (χ0) is 24.0. The zero-order valence-corrected chi connectivity index (χ0v) is 20.6.